The Morgan fingerprint density at radius 1 is 1.29 bits per heavy atom. The summed E-state index contributed by atoms with van der Waals surface area (Å²) in [5.41, 5.74) is 2.24. The van der Waals surface area contributed by atoms with Gasteiger partial charge in [-0.05, 0) is 6.92 Å². The van der Waals surface area contributed by atoms with Crippen LogP contribution in [0.1, 0.15) is 28.6 Å². The van der Waals surface area contributed by atoms with Gasteiger partial charge in [0.1, 0.15) is 5.82 Å². The number of aromatic amines is 1. The molecule has 0 bridgehead atoms. The Balaban J connectivity index is 1.74. The summed E-state index contributed by atoms with van der Waals surface area (Å²) in [4.78, 5) is 16.5. The molecule has 21 heavy (non-hydrogen) atoms. The predicted molar refractivity (Wildman–Crippen MR) is 68.2 cm³/mol. The van der Waals surface area contributed by atoms with Crippen LogP contribution >= 0.6 is 0 Å². The molecule has 3 heterocycles. The van der Waals surface area contributed by atoms with E-state index in [1.54, 1.807) is 6.20 Å². The van der Waals surface area contributed by atoms with Gasteiger partial charge >= 0.3 is 6.18 Å². The molecule has 1 aliphatic rings. The van der Waals surface area contributed by atoms with Crippen LogP contribution in [0.5, 0.6) is 0 Å². The number of rotatable bonds is 2. The van der Waals surface area contributed by atoms with Crippen LogP contribution in [0.3, 0.4) is 0 Å². The quantitative estimate of drug-likeness (QED) is 0.922. The van der Waals surface area contributed by atoms with Gasteiger partial charge in [0.05, 0.1) is 5.69 Å². The van der Waals surface area contributed by atoms with Crippen molar-refractivity contribution in [1.29, 1.82) is 0 Å². The van der Waals surface area contributed by atoms with Gasteiger partial charge in [0.25, 0.3) is 0 Å². The first-order valence-electron chi connectivity index (χ1n) is 6.56. The second-order valence-electron chi connectivity index (χ2n) is 5.12. The zero-order valence-electron chi connectivity index (χ0n) is 11.4. The highest BCUT2D eigenvalue weighted by atomic mass is 19.4. The molecule has 0 fully saturated rings. The summed E-state index contributed by atoms with van der Waals surface area (Å²) in [5, 5.41) is 0. The summed E-state index contributed by atoms with van der Waals surface area (Å²) in [6.07, 6.45) is -0.933. The van der Waals surface area contributed by atoms with Crippen molar-refractivity contribution in [2.75, 3.05) is 6.54 Å². The van der Waals surface area contributed by atoms with Gasteiger partial charge in [0.15, 0.2) is 0 Å². The fourth-order valence-corrected chi connectivity index (χ4v) is 2.44. The normalized spacial score (nSPS) is 16.0. The van der Waals surface area contributed by atoms with E-state index in [2.05, 4.69) is 24.8 Å². The molecule has 0 aliphatic carbocycles. The third-order valence-electron chi connectivity index (χ3n) is 3.42. The number of hydrogen-bond acceptors (Lipinski definition) is 4. The van der Waals surface area contributed by atoms with E-state index in [0.29, 0.717) is 31.7 Å². The number of imidazole rings is 1. The van der Waals surface area contributed by atoms with Crippen LogP contribution in [0.2, 0.25) is 0 Å². The van der Waals surface area contributed by atoms with Crippen molar-refractivity contribution in [3.8, 4) is 0 Å². The fraction of sp³-hybridized carbons (Fsp3) is 0.462. The highest BCUT2D eigenvalue weighted by Gasteiger charge is 2.35. The summed E-state index contributed by atoms with van der Waals surface area (Å²) in [6, 6.07) is 0. The van der Waals surface area contributed by atoms with Crippen LogP contribution in [-0.4, -0.2) is 31.4 Å². The Morgan fingerprint density at radius 2 is 2.10 bits per heavy atom. The molecule has 5 nitrogen and oxygen atoms in total. The molecule has 0 saturated carbocycles. The minimum absolute atomic E-state index is 0.494. The summed E-state index contributed by atoms with van der Waals surface area (Å²) >= 11 is 0. The molecule has 0 atom stereocenters. The largest absolute Gasteiger partial charge is 0.451 e. The van der Waals surface area contributed by atoms with E-state index in [0.717, 1.165) is 17.1 Å². The van der Waals surface area contributed by atoms with Gasteiger partial charge in [-0.3, -0.25) is 4.90 Å². The van der Waals surface area contributed by atoms with Crippen LogP contribution in [-0.2, 0) is 25.7 Å². The summed E-state index contributed by atoms with van der Waals surface area (Å²) < 4.78 is 37.7. The highest BCUT2D eigenvalue weighted by Crippen LogP contribution is 2.27. The molecule has 8 heteroatoms. The van der Waals surface area contributed by atoms with Crippen LogP contribution < -0.4 is 0 Å². The van der Waals surface area contributed by atoms with E-state index in [1.807, 2.05) is 6.92 Å². The topological polar surface area (TPSA) is 57.7 Å². The minimum Gasteiger partial charge on any atom is -0.345 e. The van der Waals surface area contributed by atoms with Crippen molar-refractivity contribution in [3.63, 3.8) is 0 Å². The van der Waals surface area contributed by atoms with E-state index in [1.165, 1.54) is 6.20 Å². The molecular weight excluding hydrogens is 283 g/mol. The van der Waals surface area contributed by atoms with Gasteiger partial charge < -0.3 is 4.98 Å². The Kier molecular flexibility index (Phi) is 3.40. The number of nitrogens with zero attached hydrogens (tertiary/aromatic N) is 4. The zero-order valence-corrected chi connectivity index (χ0v) is 11.4. The first-order chi connectivity index (χ1) is 9.91. The Bertz CT molecular complexity index is 649. The first kappa shape index (κ1) is 14.0. The third kappa shape index (κ3) is 3.05. The molecule has 1 aliphatic heterocycles. The molecule has 2 aromatic rings. The lowest BCUT2D eigenvalue weighted by molar-refractivity contribution is -0.145. The van der Waals surface area contributed by atoms with Crippen molar-refractivity contribution in [3.05, 3.63) is 41.0 Å². The highest BCUT2D eigenvalue weighted by molar-refractivity contribution is 5.21. The molecular formula is C13H14F3N5. The van der Waals surface area contributed by atoms with Gasteiger partial charge in [0.2, 0.25) is 5.82 Å². The fourth-order valence-electron chi connectivity index (χ4n) is 2.44. The Labute approximate surface area is 119 Å². The Morgan fingerprint density at radius 3 is 2.76 bits per heavy atom. The minimum atomic E-state index is -4.49. The molecule has 0 aromatic carbocycles. The predicted octanol–water partition coefficient (Wildman–Crippen LogP) is 2.09. The van der Waals surface area contributed by atoms with Crippen LogP contribution in [0.25, 0.3) is 0 Å². The maximum atomic E-state index is 12.6. The average molecular weight is 297 g/mol. The SMILES string of the molecule is Cc1ncc(CN2CCc3nc(C(F)(F)F)ncc3C2)[nH]1. The molecule has 112 valence electrons. The van der Waals surface area contributed by atoms with Gasteiger partial charge in [-0.15, -0.1) is 0 Å². The molecule has 0 unspecified atom stereocenters. The number of fused-ring (bicyclic) bond motifs is 1. The number of halogens is 3. The standard InChI is InChI=1S/C13H14F3N5/c1-8-17-5-10(19-8)7-21-3-2-11-9(6-21)4-18-12(20-11)13(14,15)16/h4-5H,2-3,6-7H2,1H3,(H,17,19). The van der Waals surface area contributed by atoms with Crippen molar-refractivity contribution in [2.24, 2.45) is 0 Å². The third-order valence-corrected chi connectivity index (χ3v) is 3.42. The second kappa shape index (κ2) is 5.10. The number of aryl methyl sites for hydroxylation is 1. The molecule has 0 amide bonds. The van der Waals surface area contributed by atoms with E-state index in [9.17, 15) is 13.2 Å². The number of aromatic nitrogens is 4. The summed E-state index contributed by atoms with van der Waals surface area (Å²) in [6.45, 7) is 3.77. The van der Waals surface area contributed by atoms with E-state index in [4.69, 9.17) is 0 Å². The van der Waals surface area contributed by atoms with Gasteiger partial charge in [0, 0.05) is 49.7 Å². The molecule has 0 spiro atoms. The van der Waals surface area contributed by atoms with Crippen LogP contribution in [0, 0.1) is 6.92 Å². The lowest BCUT2D eigenvalue weighted by Gasteiger charge is -2.27. The number of H-pyrrole nitrogens is 1. The van der Waals surface area contributed by atoms with E-state index in [-0.39, 0.29) is 0 Å². The average Bonchev–Trinajstić information content (AvgIpc) is 2.82. The van der Waals surface area contributed by atoms with Gasteiger partial charge in [-0.25, -0.2) is 15.0 Å². The first-order valence-corrected chi connectivity index (χ1v) is 6.56. The number of alkyl halides is 3. The molecule has 2 aromatic heterocycles. The maximum absolute atomic E-state index is 12.6. The maximum Gasteiger partial charge on any atom is 0.451 e. The van der Waals surface area contributed by atoms with Crippen molar-refractivity contribution < 1.29 is 13.2 Å². The lowest BCUT2D eigenvalue weighted by Crippen LogP contribution is -2.31. The van der Waals surface area contributed by atoms with E-state index >= 15 is 0 Å². The number of hydrogen-bond donors (Lipinski definition) is 1. The Hall–Kier alpha value is -1.96. The van der Waals surface area contributed by atoms with Crippen molar-refractivity contribution in [2.45, 2.75) is 32.6 Å². The second-order valence-corrected chi connectivity index (χ2v) is 5.12. The smallest absolute Gasteiger partial charge is 0.345 e. The molecule has 1 N–H and O–H groups in total. The monoisotopic (exact) mass is 297 g/mol. The van der Waals surface area contributed by atoms with Crippen LogP contribution in [0.4, 0.5) is 13.2 Å². The van der Waals surface area contributed by atoms with Crippen LogP contribution in [0.15, 0.2) is 12.4 Å². The lowest BCUT2D eigenvalue weighted by atomic mass is 10.1. The number of nitrogens with one attached hydrogen (secondary N) is 1. The van der Waals surface area contributed by atoms with Crippen molar-refractivity contribution in [1.82, 2.24) is 24.8 Å². The summed E-state index contributed by atoms with van der Waals surface area (Å²) in [7, 11) is 0. The molecule has 0 radical (unpaired) electrons. The summed E-state index contributed by atoms with van der Waals surface area (Å²) in [5.74, 6) is -0.209. The zero-order chi connectivity index (χ0) is 15.0. The van der Waals surface area contributed by atoms with E-state index < -0.39 is 12.0 Å². The molecule has 0 saturated heterocycles. The van der Waals surface area contributed by atoms with Gasteiger partial charge in [-0.2, -0.15) is 13.2 Å². The molecule has 3 rings (SSSR count). The van der Waals surface area contributed by atoms with Crippen molar-refractivity contribution >= 4 is 0 Å². The van der Waals surface area contributed by atoms with Gasteiger partial charge in [-0.1, -0.05) is 0 Å².